The molecule has 1 saturated carbocycles. The molecule has 1 unspecified atom stereocenters. The van der Waals surface area contributed by atoms with Crippen LogP contribution in [0.3, 0.4) is 0 Å². The Hall–Kier alpha value is -2.56. The lowest BCUT2D eigenvalue weighted by Crippen LogP contribution is -2.31. The molecule has 24 heavy (non-hydrogen) atoms. The maximum atomic E-state index is 12.8. The van der Waals surface area contributed by atoms with Gasteiger partial charge in [-0.1, -0.05) is 5.21 Å². The van der Waals surface area contributed by atoms with Gasteiger partial charge in [0.15, 0.2) is 11.1 Å². The molecule has 0 spiro atoms. The van der Waals surface area contributed by atoms with Gasteiger partial charge < -0.3 is 4.74 Å². The zero-order valence-corrected chi connectivity index (χ0v) is 13.1. The van der Waals surface area contributed by atoms with Crippen LogP contribution >= 0.6 is 0 Å². The standard InChI is InChI=1S/C13H12F2N4O4S/c1-19-11(7-16-18-19)24(21,22)17-12(20)8-2-4-9(5-3-8)23-10-6-13(10,14)15/h2-5,7,10H,6H2,1H3,(H,17,20). The molecule has 0 saturated heterocycles. The van der Waals surface area contributed by atoms with E-state index in [9.17, 15) is 22.0 Å². The molecule has 1 heterocycles. The van der Waals surface area contributed by atoms with E-state index in [-0.39, 0.29) is 22.8 Å². The van der Waals surface area contributed by atoms with Gasteiger partial charge in [0.1, 0.15) is 5.75 Å². The van der Waals surface area contributed by atoms with Gasteiger partial charge in [-0.3, -0.25) is 4.79 Å². The van der Waals surface area contributed by atoms with E-state index in [0.717, 1.165) is 10.9 Å². The molecule has 8 nitrogen and oxygen atoms in total. The van der Waals surface area contributed by atoms with E-state index >= 15 is 0 Å². The Balaban J connectivity index is 1.68. The summed E-state index contributed by atoms with van der Waals surface area (Å²) in [5.74, 6) is -3.52. The van der Waals surface area contributed by atoms with Crippen LogP contribution in [0.15, 0.2) is 35.5 Å². The first-order valence-corrected chi connectivity index (χ1v) is 8.24. The van der Waals surface area contributed by atoms with Crippen molar-refractivity contribution in [1.82, 2.24) is 19.7 Å². The minimum Gasteiger partial charge on any atom is -0.484 e. The number of halogens is 2. The second-order valence-corrected chi connectivity index (χ2v) is 6.86. The average Bonchev–Trinajstić information content (AvgIpc) is 2.89. The summed E-state index contributed by atoms with van der Waals surface area (Å²) in [4.78, 5) is 12.0. The zero-order valence-electron chi connectivity index (χ0n) is 12.3. The van der Waals surface area contributed by atoms with Crippen molar-refractivity contribution in [1.29, 1.82) is 0 Å². The summed E-state index contributed by atoms with van der Waals surface area (Å²) in [5, 5.41) is 6.64. The second kappa shape index (κ2) is 5.51. The molecule has 0 aliphatic heterocycles. The van der Waals surface area contributed by atoms with Gasteiger partial charge >= 0.3 is 0 Å². The molecule has 0 radical (unpaired) electrons. The lowest BCUT2D eigenvalue weighted by atomic mass is 10.2. The van der Waals surface area contributed by atoms with E-state index in [1.807, 2.05) is 4.72 Å². The fourth-order valence-electron chi connectivity index (χ4n) is 1.92. The van der Waals surface area contributed by atoms with Crippen LogP contribution in [0.1, 0.15) is 16.8 Å². The van der Waals surface area contributed by atoms with Gasteiger partial charge in [-0.05, 0) is 24.3 Å². The number of hydrogen-bond acceptors (Lipinski definition) is 6. The Kier molecular flexibility index (Phi) is 3.74. The van der Waals surface area contributed by atoms with E-state index in [1.54, 1.807) is 0 Å². The predicted molar refractivity (Wildman–Crippen MR) is 76.1 cm³/mol. The van der Waals surface area contributed by atoms with E-state index in [1.165, 1.54) is 31.3 Å². The maximum absolute atomic E-state index is 12.8. The molecule has 1 aromatic carbocycles. The van der Waals surface area contributed by atoms with E-state index in [4.69, 9.17) is 4.74 Å². The molecule has 1 N–H and O–H groups in total. The smallest absolute Gasteiger partial charge is 0.288 e. The number of alkyl halides is 2. The van der Waals surface area contributed by atoms with Crippen LogP contribution in [0.4, 0.5) is 8.78 Å². The zero-order chi connectivity index (χ0) is 17.5. The van der Waals surface area contributed by atoms with Crippen LogP contribution in [-0.2, 0) is 17.1 Å². The molecule has 128 valence electrons. The van der Waals surface area contributed by atoms with Crippen molar-refractivity contribution in [3.05, 3.63) is 36.0 Å². The maximum Gasteiger partial charge on any atom is 0.288 e. The molecule has 2 aromatic rings. The number of aromatic nitrogens is 3. The van der Waals surface area contributed by atoms with Crippen molar-refractivity contribution in [2.24, 2.45) is 7.05 Å². The highest BCUT2D eigenvalue weighted by Crippen LogP contribution is 2.44. The number of ether oxygens (including phenoxy) is 1. The van der Waals surface area contributed by atoms with E-state index in [2.05, 4.69) is 10.3 Å². The summed E-state index contributed by atoms with van der Waals surface area (Å²) in [6.45, 7) is 0. The molecular formula is C13H12F2N4O4S. The monoisotopic (exact) mass is 358 g/mol. The number of hydrogen-bond donors (Lipinski definition) is 1. The SMILES string of the molecule is Cn1nncc1S(=O)(=O)NC(=O)c1ccc(OC2CC2(F)F)cc1. The lowest BCUT2D eigenvalue weighted by molar-refractivity contribution is 0.0665. The molecule has 3 rings (SSSR count). The van der Waals surface area contributed by atoms with Crippen LogP contribution < -0.4 is 9.46 Å². The Labute approximate surface area is 135 Å². The Morgan fingerprint density at radius 1 is 1.38 bits per heavy atom. The second-order valence-electron chi connectivity index (χ2n) is 5.23. The fraction of sp³-hybridized carbons (Fsp3) is 0.308. The number of carbonyl (C=O) groups is 1. The quantitative estimate of drug-likeness (QED) is 0.845. The predicted octanol–water partition coefficient (Wildman–Crippen LogP) is 0.720. The van der Waals surface area contributed by atoms with Crippen LogP contribution in [0.2, 0.25) is 0 Å². The highest BCUT2D eigenvalue weighted by molar-refractivity contribution is 7.90. The third-order valence-electron chi connectivity index (χ3n) is 3.34. The molecule has 1 aromatic heterocycles. The normalized spacial score (nSPS) is 18.9. The minimum absolute atomic E-state index is 0.0311. The Bertz CT molecular complexity index is 880. The summed E-state index contributed by atoms with van der Waals surface area (Å²) in [7, 11) is -2.75. The van der Waals surface area contributed by atoms with Gasteiger partial charge in [0.2, 0.25) is 0 Å². The van der Waals surface area contributed by atoms with Crippen LogP contribution in [0, 0.1) is 0 Å². The molecule has 11 heteroatoms. The third-order valence-corrected chi connectivity index (χ3v) is 4.71. The molecular weight excluding hydrogens is 346 g/mol. The van der Waals surface area contributed by atoms with E-state index < -0.39 is 28.0 Å². The topological polar surface area (TPSA) is 103 Å². The summed E-state index contributed by atoms with van der Waals surface area (Å²) in [6, 6.07) is 5.20. The first kappa shape index (κ1) is 16.3. The fourth-order valence-corrected chi connectivity index (χ4v) is 2.96. The molecule has 0 bridgehead atoms. The first-order chi connectivity index (χ1) is 11.2. The Morgan fingerprint density at radius 3 is 2.50 bits per heavy atom. The van der Waals surface area contributed by atoms with Crippen molar-refractivity contribution < 1.29 is 26.7 Å². The van der Waals surface area contributed by atoms with Gasteiger partial charge in [-0.25, -0.2) is 18.2 Å². The van der Waals surface area contributed by atoms with Gasteiger partial charge in [0.05, 0.1) is 12.6 Å². The van der Waals surface area contributed by atoms with Crippen molar-refractivity contribution >= 4 is 15.9 Å². The number of sulfonamides is 1. The highest BCUT2D eigenvalue weighted by atomic mass is 32.2. The molecule has 1 aliphatic rings. The number of aryl methyl sites for hydroxylation is 1. The molecule has 1 amide bonds. The van der Waals surface area contributed by atoms with Crippen molar-refractivity contribution in [2.75, 3.05) is 0 Å². The van der Waals surface area contributed by atoms with Gasteiger partial charge in [0, 0.05) is 12.6 Å². The van der Waals surface area contributed by atoms with Gasteiger partial charge in [-0.2, -0.15) is 8.42 Å². The van der Waals surface area contributed by atoms with Crippen molar-refractivity contribution in [2.45, 2.75) is 23.5 Å². The molecule has 1 atom stereocenters. The number of nitrogens with zero attached hydrogens (tertiary/aromatic N) is 3. The van der Waals surface area contributed by atoms with Crippen LogP contribution in [0.5, 0.6) is 5.75 Å². The number of amides is 1. The highest BCUT2D eigenvalue weighted by Gasteiger charge is 2.59. The number of rotatable bonds is 5. The van der Waals surface area contributed by atoms with Crippen LogP contribution in [0.25, 0.3) is 0 Å². The van der Waals surface area contributed by atoms with Gasteiger partial charge in [-0.15, -0.1) is 5.10 Å². The van der Waals surface area contributed by atoms with E-state index in [0.29, 0.717) is 0 Å². The lowest BCUT2D eigenvalue weighted by Gasteiger charge is -2.08. The largest absolute Gasteiger partial charge is 0.484 e. The van der Waals surface area contributed by atoms with Crippen LogP contribution in [-0.4, -0.2) is 41.3 Å². The van der Waals surface area contributed by atoms with Crippen molar-refractivity contribution in [3.8, 4) is 5.75 Å². The third kappa shape index (κ3) is 3.20. The summed E-state index contributed by atoms with van der Waals surface area (Å²) < 4.78 is 57.6. The summed E-state index contributed by atoms with van der Waals surface area (Å²) >= 11 is 0. The molecule has 1 aliphatic carbocycles. The number of benzene rings is 1. The van der Waals surface area contributed by atoms with Gasteiger partial charge in [0.25, 0.3) is 21.9 Å². The minimum atomic E-state index is -4.12. The average molecular weight is 358 g/mol. The summed E-state index contributed by atoms with van der Waals surface area (Å²) in [6.07, 6.45) is -0.496. The number of nitrogens with one attached hydrogen (secondary N) is 1. The molecule has 1 fully saturated rings. The number of carbonyl (C=O) groups excluding carboxylic acids is 1. The first-order valence-electron chi connectivity index (χ1n) is 6.75. The van der Waals surface area contributed by atoms with Crippen molar-refractivity contribution in [3.63, 3.8) is 0 Å². The summed E-state index contributed by atoms with van der Waals surface area (Å²) in [5.41, 5.74) is 0.0311. The Morgan fingerprint density at radius 2 is 2.00 bits per heavy atom.